The van der Waals surface area contributed by atoms with Crippen molar-refractivity contribution in [3.05, 3.63) is 66.4 Å². The third kappa shape index (κ3) is 4.68. The van der Waals surface area contributed by atoms with Crippen molar-refractivity contribution in [2.24, 2.45) is 0 Å². The van der Waals surface area contributed by atoms with Gasteiger partial charge >= 0.3 is 5.97 Å². The van der Waals surface area contributed by atoms with Gasteiger partial charge in [0.1, 0.15) is 10.9 Å². The molecule has 1 N–H and O–H groups in total. The number of para-hydroxylation sites is 1. The zero-order valence-electron chi connectivity index (χ0n) is 19.6. The molecule has 0 spiro atoms. The molecule has 186 valence electrons. The predicted octanol–water partition coefficient (Wildman–Crippen LogP) is 2.68. The number of benzene rings is 2. The van der Waals surface area contributed by atoms with Crippen LogP contribution in [0, 0.1) is 0 Å². The minimum absolute atomic E-state index is 0.0317. The number of rotatable bonds is 5. The Morgan fingerprint density at radius 2 is 1.60 bits per heavy atom. The first-order valence-electron chi connectivity index (χ1n) is 11.0. The van der Waals surface area contributed by atoms with Crippen LogP contribution in [0.1, 0.15) is 26.3 Å². The Morgan fingerprint density at radius 1 is 0.943 bits per heavy atom. The SMILES string of the molecule is CC(C)(C)c1ccc(S(=O)(=O)N2CCN(S(=O)(=O)c3cccc4cccnc34)[C@@H](C(=O)O)C2)cc1. The molecule has 3 aromatic rings. The number of pyridine rings is 1. The van der Waals surface area contributed by atoms with Gasteiger partial charge in [-0.15, -0.1) is 0 Å². The summed E-state index contributed by atoms with van der Waals surface area (Å²) < 4.78 is 55.5. The Bertz CT molecular complexity index is 1470. The molecule has 1 saturated heterocycles. The third-order valence-electron chi connectivity index (χ3n) is 6.12. The van der Waals surface area contributed by atoms with E-state index in [-0.39, 0.29) is 33.8 Å². The van der Waals surface area contributed by atoms with Crippen LogP contribution >= 0.6 is 0 Å². The molecule has 0 amide bonds. The molecule has 0 bridgehead atoms. The molecule has 11 heteroatoms. The number of hydrogen-bond donors (Lipinski definition) is 1. The highest BCUT2D eigenvalue weighted by molar-refractivity contribution is 7.89. The molecule has 35 heavy (non-hydrogen) atoms. The Balaban J connectivity index is 1.66. The standard InChI is InChI=1S/C24H27N3O6S2/c1-24(2,3)18-9-11-19(12-10-18)34(30,31)26-14-15-27(20(16-26)23(28)29)35(32,33)21-8-4-6-17-7-5-13-25-22(17)21/h4-13,20H,14-16H2,1-3H3,(H,28,29)/t20-/m1/s1. The lowest BCUT2D eigenvalue weighted by molar-refractivity contribution is -0.142. The van der Waals surface area contributed by atoms with E-state index in [1.807, 2.05) is 20.8 Å². The molecule has 0 radical (unpaired) electrons. The number of hydrogen-bond acceptors (Lipinski definition) is 6. The molecule has 0 aliphatic carbocycles. The number of carboxylic acids is 1. The van der Waals surface area contributed by atoms with Crippen LogP contribution in [0.25, 0.3) is 10.9 Å². The summed E-state index contributed by atoms with van der Waals surface area (Å²) in [5.41, 5.74) is 1.03. The van der Waals surface area contributed by atoms with Crippen LogP contribution in [0.3, 0.4) is 0 Å². The summed E-state index contributed by atoms with van der Waals surface area (Å²) in [6.07, 6.45) is 1.46. The van der Waals surface area contributed by atoms with Crippen LogP contribution in [0.2, 0.25) is 0 Å². The van der Waals surface area contributed by atoms with E-state index < -0.39 is 38.6 Å². The monoisotopic (exact) mass is 517 g/mol. The number of nitrogens with zero attached hydrogens (tertiary/aromatic N) is 3. The van der Waals surface area contributed by atoms with Crippen LogP contribution < -0.4 is 0 Å². The molecule has 2 heterocycles. The topological polar surface area (TPSA) is 125 Å². The van der Waals surface area contributed by atoms with Crippen LogP contribution in [-0.2, 0) is 30.3 Å². The van der Waals surface area contributed by atoms with Gasteiger partial charge in [-0.2, -0.15) is 8.61 Å². The van der Waals surface area contributed by atoms with Crippen LogP contribution in [-0.4, -0.2) is 67.2 Å². The van der Waals surface area contributed by atoms with E-state index in [1.54, 1.807) is 36.4 Å². The van der Waals surface area contributed by atoms with Gasteiger partial charge in [0.15, 0.2) is 0 Å². The lowest BCUT2D eigenvalue weighted by Gasteiger charge is -2.37. The van der Waals surface area contributed by atoms with E-state index in [0.717, 1.165) is 14.2 Å². The summed E-state index contributed by atoms with van der Waals surface area (Å²) in [6.45, 7) is 5.06. The van der Waals surface area contributed by atoms with Gasteiger partial charge in [-0.05, 0) is 35.2 Å². The maximum absolute atomic E-state index is 13.5. The number of aliphatic carboxylic acids is 1. The molecular formula is C24H27N3O6S2. The zero-order chi connectivity index (χ0) is 25.6. The molecular weight excluding hydrogens is 490 g/mol. The molecule has 0 saturated carbocycles. The Labute approximate surface area is 205 Å². The second kappa shape index (κ2) is 8.98. The number of piperazine rings is 1. The van der Waals surface area contributed by atoms with E-state index in [1.165, 1.54) is 24.4 Å². The van der Waals surface area contributed by atoms with Crippen molar-refractivity contribution in [2.45, 2.75) is 42.0 Å². The summed E-state index contributed by atoms with van der Waals surface area (Å²) in [7, 11) is -8.29. The van der Waals surface area contributed by atoms with Gasteiger partial charge < -0.3 is 5.11 Å². The lowest BCUT2D eigenvalue weighted by atomic mass is 9.87. The first kappa shape index (κ1) is 25.2. The maximum atomic E-state index is 13.5. The average molecular weight is 518 g/mol. The number of carboxylic acid groups (broad SMARTS) is 1. The van der Waals surface area contributed by atoms with Crippen molar-refractivity contribution in [3.63, 3.8) is 0 Å². The van der Waals surface area contributed by atoms with Gasteiger partial charge in [0.05, 0.1) is 10.4 Å². The van der Waals surface area contributed by atoms with Gasteiger partial charge in [0.25, 0.3) is 0 Å². The molecule has 1 aromatic heterocycles. The molecule has 0 unspecified atom stereocenters. The minimum atomic E-state index is -4.27. The Kier molecular flexibility index (Phi) is 6.47. The molecule has 1 aliphatic rings. The molecule has 4 rings (SSSR count). The summed E-state index contributed by atoms with van der Waals surface area (Å²) in [4.78, 5) is 16.2. The molecule has 2 aromatic carbocycles. The van der Waals surface area contributed by atoms with E-state index in [9.17, 15) is 26.7 Å². The lowest BCUT2D eigenvalue weighted by Crippen LogP contribution is -2.59. The molecule has 1 aliphatic heterocycles. The van der Waals surface area contributed by atoms with Crippen molar-refractivity contribution in [1.82, 2.24) is 13.6 Å². The predicted molar refractivity (Wildman–Crippen MR) is 131 cm³/mol. The molecule has 9 nitrogen and oxygen atoms in total. The summed E-state index contributed by atoms with van der Waals surface area (Å²) >= 11 is 0. The van der Waals surface area contributed by atoms with E-state index in [4.69, 9.17) is 0 Å². The zero-order valence-corrected chi connectivity index (χ0v) is 21.3. The quantitative estimate of drug-likeness (QED) is 0.552. The highest BCUT2D eigenvalue weighted by atomic mass is 32.2. The Hall–Kier alpha value is -2.86. The fourth-order valence-corrected chi connectivity index (χ4v) is 7.30. The highest BCUT2D eigenvalue weighted by Crippen LogP contribution is 2.30. The normalized spacial score (nSPS) is 18.5. The van der Waals surface area contributed by atoms with E-state index in [0.29, 0.717) is 5.39 Å². The van der Waals surface area contributed by atoms with Gasteiger partial charge in [-0.3, -0.25) is 9.78 Å². The van der Waals surface area contributed by atoms with Gasteiger partial charge in [0.2, 0.25) is 20.0 Å². The molecule has 1 atom stereocenters. The second-order valence-electron chi connectivity index (χ2n) is 9.44. The van der Waals surface area contributed by atoms with Gasteiger partial charge in [-0.25, -0.2) is 16.8 Å². The fraction of sp³-hybridized carbons (Fsp3) is 0.333. The van der Waals surface area contributed by atoms with Crippen molar-refractivity contribution in [3.8, 4) is 0 Å². The minimum Gasteiger partial charge on any atom is -0.480 e. The van der Waals surface area contributed by atoms with Crippen molar-refractivity contribution in [2.75, 3.05) is 19.6 Å². The van der Waals surface area contributed by atoms with Crippen LogP contribution in [0.5, 0.6) is 0 Å². The first-order valence-corrected chi connectivity index (χ1v) is 13.9. The van der Waals surface area contributed by atoms with Gasteiger partial charge in [0, 0.05) is 31.2 Å². The van der Waals surface area contributed by atoms with E-state index in [2.05, 4.69) is 4.98 Å². The van der Waals surface area contributed by atoms with E-state index >= 15 is 0 Å². The summed E-state index contributed by atoms with van der Waals surface area (Å²) in [5, 5.41) is 10.5. The Morgan fingerprint density at radius 3 is 2.23 bits per heavy atom. The van der Waals surface area contributed by atoms with Crippen LogP contribution in [0.4, 0.5) is 0 Å². The van der Waals surface area contributed by atoms with Crippen molar-refractivity contribution < 1.29 is 26.7 Å². The number of carbonyl (C=O) groups is 1. The largest absolute Gasteiger partial charge is 0.480 e. The average Bonchev–Trinajstić information content (AvgIpc) is 2.82. The number of fused-ring (bicyclic) bond motifs is 1. The van der Waals surface area contributed by atoms with Crippen molar-refractivity contribution in [1.29, 1.82) is 0 Å². The number of aromatic nitrogens is 1. The fourth-order valence-electron chi connectivity index (χ4n) is 4.14. The van der Waals surface area contributed by atoms with Crippen molar-refractivity contribution >= 4 is 36.9 Å². The second-order valence-corrected chi connectivity index (χ2v) is 13.2. The smallest absolute Gasteiger partial charge is 0.323 e. The first-order chi connectivity index (χ1) is 16.3. The highest BCUT2D eigenvalue weighted by Gasteiger charge is 2.44. The maximum Gasteiger partial charge on any atom is 0.323 e. The van der Waals surface area contributed by atoms with Gasteiger partial charge in [-0.1, -0.05) is 51.1 Å². The van der Waals surface area contributed by atoms with Crippen LogP contribution in [0.15, 0.2) is 70.6 Å². The summed E-state index contributed by atoms with van der Waals surface area (Å²) in [6, 6.07) is 12.9. The molecule has 1 fully saturated rings. The summed E-state index contributed by atoms with van der Waals surface area (Å²) in [5.74, 6) is -1.43. The number of sulfonamides is 2. The third-order valence-corrected chi connectivity index (χ3v) is 9.94.